The van der Waals surface area contributed by atoms with Crippen molar-refractivity contribution in [2.75, 3.05) is 24.6 Å². The Morgan fingerprint density at radius 3 is 2.66 bits per heavy atom. The number of aliphatic hydroxyl groups is 1. The molecule has 1 saturated carbocycles. The van der Waals surface area contributed by atoms with Crippen LogP contribution in [-0.2, 0) is 21.9 Å². The van der Waals surface area contributed by atoms with Gasteiger partial charge in [0.2, 0.25) is 10.0 Å². The van der Waals surface area contributed by atoms with Gasteiger partial charge in [-0.1, -0.05) is 57.6 Å². The lowest BCUT2D eigenvalue weighted by atomic mass is 9.68. The number of fused-ring (bicyclic) bond motifs is 3. The van der Waals surface area contributed by atoms with Gasteiger partial charge in [0, 0.05) is 23.5 Å². The van der Waals surface area contributed by atoms with E-state index >= 15 is 0 Å². The summed E-state index contributed by atoms with van der Waals surface area (Å²) in [5, 5.41) is 11.2. The summed E-state index contributed by atoms with van der Waals surface area (Å²) in [6.45, 7) is 16.2. The summed E-state index contributed by atoms with van der Waals surface area (Å²) in [5.41, 5.74) is 3.10. The molecular weight excluding hydrogens is 572 g/mol. The molecule has 0 aromatic heterocycles. The van der Waals surface area contributed by atoms with Gasteiger partial charge in [0.25, 0.3) is 0 Å². The zero-order valence-corrected chi connectivity index (χ0v) is 27.6. The van der Waals surface area contributed by atoms with Crippen LogP contribution in [0.3, 0.4) is 0 Å². The highest BCUT2D eigenvalue weighted by Crippen LogP contribution is 2.47. The molecular formula is C32H45ClN2O4SSi. The van der Waals surface area contributed by atoms with Crippen LogP contribution < -0.4 is 14.0 Å². The van der Waals surface area contributed by atoms with Crippen molar-refractivity contribution in [3.05, 3.63) is 65.2 Å². The Labute approximate surface area is 252 Å². The lowest BCUT2D eigenvalue weighted by Crippen LogP contribution is -2.54. The average Bonchev–Trinajstić information content (AvgIpc) is 3.02. The molecule has 41 heavy (non-hydrogen) atoms. The molecule has 2 aromatic carbocycles. The highest BCUT2D eigenvalue weighted by atomic mass is 35.5. The smallest absolute Gasteiger partial charge is 0.234 e. The van der Waals surface area contributed by atoms with Gasteiger partial charge >= 0.3 is 0 Å². The lowest BCUT2D eigenvalue weighted by Gasteiger charge is -2.45. The maximum Gasteiger partial charge on any atom is 0.234 e. The van der Waals surface area contributed by atoms with Crippen molar-refractivity contribution >= 4 is 35.5 Å². The second-order valence-corrected chi connectivity index (χ2v) is 21.4. The van der Waals surface area contributed by atoms with E-state index in [2.05, 4.69) is 61.9 Å². The molecule has 0 amide bonds. The summed E-state index contributed by atoms with van der Waals surface area (Å²) >= 11 is 6.39. The van der Waals surface area contributed by atoms with Crippen LogP contribution in [0.2, 0.25) is 23.2 Å². The number of ether oxygens (including phenoxy) is 1. The third kappa shape index (κ3) is 5.87. The number of nitrogens with one attached hydrogen (secondary N) is 1. The minimum Gasteiger partial charge on any atom is -0.490 e. The quantitative estimate of drug-likeness (QED) is 0.268. The first-order valence-corrected chi connectivity index (χ1v) is 19.7. The minimum absolute atomic E-state index is 0.143. The van der Waals surface area contributed by atoms with Crippen molar-refractivity contribution in [1.82, 2.24) is 4.39 Å². The van der Waals surface area contributed by atoms with Crippen LogP contribution in [-0.4, -0.2) is 47.6 Å². The zero-order chi connectivity index (χ0) is 29.8. The highest BCUT2D eigenvalue weighted by molar-refractivity contribution is 7.91. The predicted octanol–water partition coefficient (Wildman–Crippen LogP) is 6.67. The monoisotopic (exact) mass is 616 g/mol. The van der Waals surface area contributed by atoms with E-state index in [0.717, 1.165) is 49.4 Å². The molecule has 0 bridgehead atoms. The topological polar surface area (TPSA) is 78.9 Å². The van der Waals surface area contributed by atoms with Gasteiger partial charge in [-0.05, 0) is 90.4 Å². The number of aliphatic hydroxyl groups excluding tert-OH is 1. The van der Waals surface area contributed by atoms with Gasteiger partial charge in [0.15, 0.2) is 0 Å². The van der Waals surface area contributed by atoms with Crippen LogP contribution in [0.4, 0.5) is 5.69 Å². The van der Waals surface area contributed by atoms with Crippen molar-refractivity contribution in [3.63, 3.8) is 0 Å². The van der Waals surface area contributed by atoms with E-state index in [1.165, 1.54) is 11.1 Å². The van der Waals surface area contributed by atoms with Gasteiger partial charge in [-0.3, -0.25) is 0 Å². The molecule has 224 valence electrons. The first-order chi connectivity index (χ1) is 19.2. The fourth-order valence-electron chi connectivity index (χ4n) is 6.54. The molecule has 9 heteroatoms. The van der Waals surface area contributed by atoms with Gasteiger partial charge in [-0.15, -0.1) is 6.58 Å². The molecule has 2 aliphatic carbocycles. The normalized spacial score (nSPS) is 25.4. The maximum absolute atomic E-state index is 13.7. The third-order valence-electron chi connectivity index (χ3n) is 10.2. The standard InChI is InChI=1S/C32H45ClN2O4SSi/c1-7-29(36)26-13-10-23(26)19-35-20-32(16-8-9-22-17-24(33)11-14-27(22)32)21-39-30-15-12-25(18-28(30)35)40(37,38)34-41(5,6)31(2,3)4/h7,11-12,14-15,17-18,23,26,29,34,36H,1,8-10,13,16,19-21H2,2-6H3/t23-,26+,29-,32-/m0/s1. The number of rotatable bonds is 7. The molecule has 2 N–H and O–H groups in total. The van der Waals surface area contributed by atoms with Crippen molar-refractivity contribution in [1.29, 1.82) is 0 Å². The van der Waals surface area contributed by atoms with Crippen LogP contribution >= 0.6 is 11.6 Å². The molecule has 3 aliphatic rings. The van der Waals surface area contributed by atoms with Crippen molar-refractivity contribution in [3.8, 4) is 5.75 Å². The number of anilines is 1. The summed E-state index contributed by atoms with van der Waals surface area (Å²) in [5.74, 6) is 1.14. The van der Waals surface area contributed by atoms with Crippen LogP contribution in [0.5, 0.6) is 5.75 Å². The molecule has 0 unspecified atom stereocenters. The van der Waals surface area contributed by atoms with E-state index < -0.39 is 24.4 Å². The maximum atomic E-state index is 13.7. The van der Waals surface area contributed by atoms with E-state index in [1.807, 2.05) is 12.1 Å². The Balaban J connectivity index is 1.55. The van der Waals surface area contributed by atoms with Gasteiger partial charge in [0.1, 0.15) is 14.0 Å². The minimum atomic E-state index is -3.74. The fraction of sp³-hybridized carbons (Fsp3) is 0.562. The van der Waals surface area contributed by atoms with Crippen molar-refractivity contribution in [2.24, 2.45) is 11.8 Å². The Bertz CT molecular complexity index is 1420. The van der Waals surface area contributed by atoms with Crippen LogP contribution in [0.1, 0.15) is 57.6 Å². The SMILES string of the molecule is C=C[C@H](O)[C@@H]1CC[C@H]1CN1C[C@@]2(CCCc3cc(Cl)ccc32)COc2ccc(S(=O)(=O)N[Si](C)(C)C(C)(C)C)cc21. The van der Waals surface area contributed by atoms with Crippen LogP contribution in [0.15, 0.2) is 53.9 Å². The van der Waals surface area contributed by atoms with Gasteiger partial charge in [-0.25, -0.2) is 12.8 Å². The molecule has 2 aromatic rings. The molecule has 6 nitrogen and oxygen atoms in total. The third-order valence-corrected chi connectivity index (χ3v) is 18.2. The van der Waals surface area contributed by atoms with E-state index in [-0.39, 0.29) is 27.2 Å². The molecule has 5 rings (SSSR count). The number of nitrogens with zero attached hydrogens (tertiary/aromatic N) is 1. The Kier molecular flexibility index (Phi) is 8.22. The number of sulfonamides is 1. The number of aryl methyl sites for hydroxylation is 1. The van der Waals surface area contributed by atoms with Gasteiger partial charge in [0.05, 0.1) is 23.3 Å². The fourth-order valence-corrected chi connectivity index (χ4v) is 11.6. The highest BCUT2D eigenvalue weighted by Gasteiger charge is 2.45. The van der Waals surface area contributed by atoms with Crippen LogP contribution in [0, 0.1) is 11.8 Å². The largest absolute Gasteiger partial charge is 0.490 e. The zero-order valence-electron chi connectivity index (χ0n) is 25.0. The summed E-state index contributed by atoms with van der Waals surface area (Å²) in [6.07, 6.45) is 6.09. The Hall–Kier alpha value is -1.84. The second kappa shape index (κ2) is 11.0. The Morgan fingerprint density at radius 2 is 2.00 bits per heavy atom. The molecule has 1 heterocycles. The van der Waals surface area contributed by atoms with E-state index in [4.69, 9.17) is 16.3 Å². The van der Waals surface area contributed by atoms with Crippen LogP contribution in [0.25, 0.3) is 0 Å². The molecule has 0 radical (unpaired) electrons. The molecule has 1 fully saturated rings. The number of hydrogen-bond acceptors (Lipinski definition) is 5. The number of benzene rings is 2. The van der Waals surface area contributed by atoms with E-state index in [1.54, 1.807) is 18.2 Å². The van der Waals surface area contributed by atoms with Crippen molar-refractivity contribution < 1.29 is 18.3 Å². The summed E-state index contributed by atoms with van der Waals surface area (Å²) in [6, 6.07) is 11.5. The summed E-state index contributed by atoms with van der Waals surface area (Å²) < 4.78 is 37.1. The summed E-state index contributed by atoms with van der Waals surface area (Å²) in [4.78, 5) is 2.60. The molecule has 1 aliphatic heterocycles. The number of halogens is 1. The molecule has 1 spiro atoms. The molecule has 4 atom stereocenters. The number of hydrogen-bond donors (Lipinski definition) is 2. The predicted molar refractivity (Wildman–Crippen MR) is 170 cm³/mol. The van der Waals surface area contributed by atoms with Crippen molar-refractivity contribution in [2.45, 2.75) is 87.4 Å². The lowest BCUT2D eigenvalue weighted by molar-refractivity contribution is 0.0460. The van der Waals surface area contributed by atoms with E-state index in [9.17, 15) is 13.5 Å². The molecule has 0 saturated heterocycles. The first kappa shape index (κ1) is 30.6. The summed E-state index contributed by atoms with van der Waals surface area (Å²) in [7, 11) is -6.08. The van der Waals surface area contributed by atoms with E-state index in [0.29, 0.717) is 18.9 Å². The van der Waals surface area contributed by atoms with Gasteiger partial charge in [-0.2, -0.15) is 0 Å². The average molecular weight is 617 g/mol. The van der Waals surface area contributed by atoms with Gasteiger partial charge < -0.3 is 14.7 Å². The second-order valence-electron chi connectivity index (χ2n) is 13.9. The first-order valence-electron chi connectivity index (χ1n) is 14.8. The Morgan fingerprint density at radius 1 is 1.24 bits per heavy atom.